The van der Waals surface area contributed by atoms with Gasteiger partial charge in [-0.25, -0.2) is 0 Å². The Morgan fingerprint density at radius 1 is 0.758 bits per heavy atom. The monoisotopic (exact) mass is 664 g/mol. The average Bonchev–Trinajstić information content (AvgIpc) is 3.38. The molecule has 0 fully saturated rings. The van der Waals surface area contributed by atoms with E-state index in [1.165, 1.54) is 69.8 Å². The molecule has 0 nitrogen and oxygen atoms in total. The molecule has 2 aliphatic rings. The first-order chi connectivity index (χ1) is 15.8. The van der Waals surface area contributed by atoms with Gasteiger partial charge in [0.25, 0.3) is 0 Å². The van der Waals surface area contributed by atoms with Crippen molar-refractivity contribution in [3.63, 3.8) is 0 Å². The Morgan fingerprint density at radius 3 is 1.67 bits per heavy atom. The van der Waals surface area contributed by atoms with Crippen LogP contribution in [0.4, 0.5) is 0 Å². The molecular weight excluding hydrogens is 626 g/mol. The summed E-state index contributed by atoms with van der Waals surface area (Å²) in [5, 5.41) is 0. The molecule has 0 bridgehead atoms. The van der Waals surface area contributed by atoms with Crippen molar-refractivity contribution in [3.8, 4) is 0 Å². The van der Waals surface area contributed by atoms with E-state index in [2.05, 4.69) is 83.2 Å². The van der Waals surface area contributed by atoms with Gasteiger partial charge < -0.3 is 0 Å². The van der Waals surface area contributed by atoms with Crippen LogP contribution in [0.2, 0.25) is 6.04 Å². The standard InChI is InChI=1S/2C12H13.C5H12Si.2ClH.Hf/c2*1-3-10-7-11-6-4-5-9(2)12(11)8-10;1-2-3-4-5-6;;;/h2*4-8H,3H2,1-2H3;6H,2-5H2,1H3;2*1H;/q;;;;;+2/p-2. The SMILES string of the molecule is CCCCC[SiH]=[Hf]([Cl])([Cl])([CH]1C(CC)=Cc2c(C)cccc21)[CH]1C(CC)=Cc2c(C)cccc21. The molecule has 0 aromatic heterocycles. The van der Waals surface area contributed by atoms with Crippen LogP contribution in [0.5, 0.6) is 0 Å². The second kappa shape index (κ2) is 9.92. The van der Waals surface area contributed by atoms with Crippen LogP contribution >= 0.6 is 17.2 Å². The van der Waals surface area contributed by atoms with Crippen LogP contribution in [-0.2, 0) is 14.8 Å². The maximum absolute atomic E-state index is 8.33. The zero-order valence-corrected chi connectivity index (χ0v) is 27.1. The summed E-state index contributed by atoms with van der Waals surface area (Å²) in [5.41, 5.74) is 11.3. The van der Waals surface area contributed by atoms with Crippen molar-refractivity contribution < 1.29 is 14.8 Å². The van der Waals surface area contributed by atoms with Gasteiger partial charge in [0.2, 0.25) is 0 Å². The molecule has 0 spiro atoms. The summed E-state index contributed by atoms with van der Waals surface area (Å²) in [6, 6.07) is 14.8. The molecule has 0 N–H and O–H groups in total. The fraction of sp³-hybridized carbons (Fsp3) is 0.448. The first-order valence-corrected chi connectivity index (χ1v) is 33.4. The Bertz CT molecular complexity index is 1120. The third-order valence-corrected chi connectivity index (χ3v) is 54.0. The molecule has 0 heterocycles. The topological polar surface area (TPSA) is 0 Å². The van der Waals surface area contributed by atoms with Crippen LogP contribution in [0.15, 0.2) is 47.5 Å². The van der Waals surface area contributed by atoms with Gasteiger partial charge in [0, 0.05) is 0 Å². The molecule has 33 heavy (non-hydrogen) atoms. The van der Waals surface area contributed by atoms with Crippen molar-refractivity contribution in [2.45, 2.75) is 80.1 Å². The van der Waals surface area contributed by atoms with E-state index >= 15 is 0 Å². The molecule has 0 aliphatic heterocycles. The molecule has 2 aliphatic carbocycles. The molecule has 2 unspecified atom stereocenters. The fourth-order valence-corrected chi connectivity index (χ4v) is 55.7. The number of hydrogen-bond acceptors (Lipinski definition) is 0. The number of allylic oxidation sites excluding steroid dienone is 2. The molecule has 2 aromatic rings. The average molecular weight is 664 g/mol. The van der Waals surface area contributed by atoms with Crippen LogP contribution in [0.1, 0.15) is 93.6 Å². The Kier molecular flexibility index (Phi) is 7.72. The zero-order valence-electron chi connectivity index (χ0n) is 20.8. The van der Waals surface area contributed by atoms with Crippen molar-refractivity contribution in [2.24, 2.45) is 0 Å². The van der Waals surface area contributed by atoms with Gasteiger partial charge in [0.05, 0.1) is 0 Å². The molecule has 4 rings (SSSR count). The molecule has 0 amide bonds. The van der Waals surface area contributed by atoms with E-state index < -0.39 is 14.8 Å². The summed E-state index contributed by atoms with van der Waals surface area (Å²) in [6.07, 6.45) is 10.7. The van der Waals surface area contributed by atoms with Crippen LogP contribution in [0.25, 0.3) is 12.2 Å². The predicted molar refractivity (Wildman–Crippen MR) is 148 cm³/mol. The van der Waals surface area contributed by atoms with Crippen molar-refractivity contribution >= 4 is 35.5 Å². The van der Waals surface area contributed by atoms with Gasteiger partial charge in [0.1, 0.15) is 0 Å². The Labute approximate surface area is 209 Å². The van der Waals surface area contributed by atoms with Gasteiger partial charge in [-0.2, -0.15) is 0 Å². The minimum atomic E-state index is -4.63. The molecule has 2 atom stereocenters. The zero-order chi connectivity index (χ0) is 23.8. The Balaban J connectivity index is 2.01. The summed E-state index contributed by atoms with van der Waals surface area (Å²) in [5.74, 6) is 0. The van der Waals surface area contributed by atoms with Gasteiger partial charge in [-0.05, 0) is 0 Å². The van der Waals surface area contributed by atoms with Crippen LogP contribution in [0.3, 0.4) is 0 Å². The number of unbranched alkanes of at least 4 members (excludes halogenated alkanes) is 2. The van der Waals surface area contributed by atoms with Gasteiger partial charge in [-0.3, -0.25) is 0 Å². The molecule has 2 aromatic carbocycles. The summed E-state index contributed by atoms with van der Waals surface area (Å²) in [4.78, 5) is 0. The van der Waals surface area contributed by atoms with Gasteiger partial charge in [0.15, 0.2) is 0 Å². The van der Waals surface area contributed by atoms with Crippen LogP contribution in [0, 0.1) is 13.8 Å². The number of hydrogen-bond donors (Lipinski definition) is 0. The van der Waals surface area contributed by atoms with Crippen LogP contribution < -0.4 is 0 Å². The fourth-order valence-electron chi connectivity index (χ4n) is 6.33. The van der Waals surface area contributed by atoms with Crippen molar-refractivity contribution in [1.29, 1.82) is 0 Å². The summed E-state index contributed by atoms with van der Waals surface area (Å²) in [6.45, 7) is 11.3. The summed E-state index contributed by atoms with van der Waals surface area (Å²) in [7, 11) is 16.7. The third kappa shape index (κ3) is 4.37. The number of fused-ring (bicyclic) bond motifs is 2. The third-order valence-electron chi connectivity index (χ3n) is 8.00. The van der Waals surface area contributed by atoms with E-state index in [4.69, 9.17) is 17.2 Å². The molecule has 176 valence electrons. The van der Waals surface area contributed by atoms with Gasteiger partial charge >= 0.3 is 211 Å². The second-order valence-electron chi connectivity index (χ2n) is 10.1. The van der Waals surface area contributed by atoms with Gasteiger partial charge in [-0.15, -0.1) is 0 Å². The number of aryl methyl sites for hydroxylation is 2. The second-order valence-corrected chi connectivity index (χ2v) is 60.0. The molecule has 0 saturated heterocycles. The summed E-state index contributed by atoms with van der Waals surface area (Å²) >= 11 is -4.63. The first kappa shape index (κ1) is 25.7. The Hall–Kier alpha value is -0.413. The maximum atomic E-state index is 8.33. The molecular formula is C29H38Cl2HfSi. The number of benzene rings is 2. The molecule has 0 saturated carbocycles. The van der Waals surface area contributed by atoms with E-state index in [1.807, 2.05) is 0 Å². The van der Waals surface area contributed by atoms with E-state index in [9.17, 15) is 0 Å². The predicted octanol–water partition coefficient (Wildman–Crippen LogP) is 9.66. The van der Waals surface area contributed by atoms with E-state index in [0.29, 0.717) is 0 Å². The normalized spacial score (nSPS) is 19.8. The van der Waals surface area contributed by atoms with Crippen molar-refractivity contribution in [1.82, 2.24) is 0 Å². The van der Waals surface area contributed by atoms with E-state index in [1.54, 1.807) is 0 Å². The molecule has 4 heteroatoms. The Morgan fingerprint density at radius 2 is 1.24 bits per heavy atom. The van der Waals surface area contributed by atoms with Crippen molar-refractivity contribution in [3.05, 3.63) is 80.9 Å². The molecule has 0 radical (unpaired) electrons. The number of halogens is 2. The quantitative estimate of drug-likeness (QED) is 0.195. The summed E-state index contributed by atoms with van der Waals surface area (Å²) < 4.78 is 0.488. The van der Waals surface area contributed by atoms with Gasteiger partial charge in [-0.1, -0.05) is 0 Å². The van der Waals surface area contributed by atoms with E-state index in [-0.39, 0.29) is 13.6 Å². The number of rotatable bonds is 8. The minimum absolute atomic E-state index is 0.00367. The van der Waals surface area contributed by atoms with Crippen molar-refractivity contribution in [2.75, 3.05) is 0 Å². The van der Waals surface area contributed by atoms with E-state index in [0.717, 1.165) is 12.8 Å². The first-order valence-electron chi connectivity index (χ1n) is 12.8. The van der Waals surface area contributed by atoms with Crippen LogP contribution in [-0.4, -0.2) is 6.22 Å².